The van der Waals surface area contributed by atoms with Crippen LogP contribution in [-0.2, 0) is 11.2 Å². The Morgan fingerprint density at radius 3 is 2.75 bits per heavy atom. The van der Waals surface area contributed by atoms with Crippen LogP contribution in [0.15, 0.2) is 46.9 Å². The van der Waals surface area contributed by atoms with Gasteiger partial charge in [-0.1, -0.05) is 33.6 Å². The summed E-state index contributed by atoms with van der Waals surface area (Å²) < 4.78 is 19.1. The third-order valence-electron chi connectivity index (χ3n) is 2.52. The van der Waals surface area contributed by atoms with Crippen LogP contribution in [0.4, 0.5) is 4.39 Å². The Bertz CT molecular complexity index is 611. The van der Waals surface area contributed by atoms with Crippen molar-refractivity contribution in [3.05, 3.63) is 63.3 Å². The molecule has 2 aromatic rings. The summed E-state index contributed by atoms with van der Waals surface area (Å²) in [6.07, 6.45) is 0.122. The average molecular weight is 358 g/mol. The Labute approximate surface area is 129 Å². The van der Waals surface area contributed by atoms with E-state index in [0.29, 0.717) is 20.8 Å². The van der Waals surface area contributed by atoms with E-state index in [0.717, 1.165) is 0 Å². The molecule has 0 unspecified atom stereocenters. The highest BCUT2D eigenvalue weighted by Gasteiger charge is 2.07. The van der Waals surface area contributed by atoms with Crippen molar-refractivity contribution in [2.75, 3.05) is 6.61 Å². The van der Waals surface area contributed by atoms with Crippen molar-refractivity contribution in [2.45, 2.75) is 6.42 Å². The molecule has 0 spiro atoms. The van der Waals surface area contributed by atoms with Crippen molar-refractivity contribution in [1.29, 1.82) is 0 Å². The second-order valence-electron chi connectivity index (χ2n) is 4.24. The molecule has 0 aliphatic heterocycles. The van der Waals surface area contributed by atoms with Gasteiger partial charge in [-0.2, -0.15) is 0 Å². The van der Waals surface area contributed by atoms with Gasteiger partial charge in [0.2, 0.25) is 0 Å². The first-order valence-corrected chi connectivity index (χ1v) is 7.05. The van der Waals surface area contributed by atoms with Crippen molar-refractivity contribution in [3.63, 3.8) is 0 Å². The second-order valence-corrected chi connectivity index (χ2v) is 5.59. The number of Topliss-reactive ketones (excluding diaryl/α,β-unsaturated/α-hetero) is 1. The van der Waals surface area contributed by atoms with Crippen molar-refractivity contribution in [3.8, 4) is 5.75 Å². The van der Waals surface area contributed by atoms with Gasteiger partial charge in [0.1, 0.15) is 18.2 Å². The smallest absolute Gasteiger partial charge is 0.174 e. The van der Waals surface area contributed by atoms with E-state index in [1.54, 1.807) is 30.3 Å². The number of carbonyl (C=O) groups excluding carboxylic acids is 1. The Kier molecular flexibility index (Phi) is 5.15. The molecule has 2 nitrogen and oxygen atoms in total. The number of carbonyl (C=O) groups is 1. The summed E-state index contributed by atoms with van der Waals surface area (Å²) in [4.78, 5) is 11.8. The molecule has 0 aromatic heterocycles. The van der Waals surface area contributed by atoms with E-state index in [1.165, 1.54) is 12.1 Å². The third-order valence-corrected chi connectivity index (χ3v) is 3.21. The van der Waals surface area contributed by atoms with Crippen molar-refractivity contribution < 1.29 is 13.9 Å². The van der Waals surface area contributed by atoms with E-state index >= 15 is 0 Å². The van der Waals surface area contributed by atoms with E-state index in [2.05, 4.69) is 15.9 Å². The molecule has 20 heavy (non-hydrogen) atoms. The number of hydrogen-bond donors (Lipinski definition) is 0. The first-order chi connectivity index (χ1) is 9.52. The van der Waals surface area contributed by atoms with E-state index in [4.69, 9.17) is 16.3 Å². The van der Waals surface area contributed by atoms with E-state index in [-0.39, 0.29) is 24.6 Å². The minimum atomic E-state index is -0.377. The molecule has 0 radical (unpaired) electrons. The standard InChI is InChI=1S/C15H11BrClFO2/c16-11-4-10(5-13(18)7-11)6-14(19)9-20-15-3-1-2-12(17)8-15/h1-5,7-8H,6,9H2. The Morgan fingerprint density at radius 2 is 2.05 bits per heavy atom. The Balaban J connectivity index is 1.92. The molecular formula is C15H11BrClFO2. The summed E-state index contributed by atoms with van der Waals surface area (Å²) in [5.41, 5.74) is 0.608. The lowest BCUT2D eigenvalue weighted by molar-refractivity contribution is -0.120. The molecule has 0 amide bonds. The predicted octanol–water partition coefficient (Wildman–Crippen LogP) is 4.43. The minimum absolute atomic E-state index is 0.0749. The molecule has 0 bridgehead atoms. The van der Waals surface area contributed by atoms with Gasteiger partial charge in [0.15, 0.2) is 5.78 Å². The molecule has 0 N–H and O–H groups in total. The maximum Gasteiger partial charge on any atom is 0.174 e. The van der Waals surface area contributed by atoms with Crippen LogP contribution in [0.1, 0.15) is 5.56 Å². The average Bonchev–Trinajstić information content (AvgIpc) is 2.35. The van der Waals surface area contributed by atoms with Gasteiger partial charge >= 0.3 is 0 Å². The molecule has 2 aromatic carbocycles. The van der Waals surface area contributed by atoms with Gasteiger partial charge in [-0.25, -0.2) is 4.39 Å². The lowest BCUT2D eigenvalue weighted by Gasteiger charge is -2.06. The monoisotopic (exact) mass is 356 g/mol. The van der Waals surface area contributed by atoms with Crippen LogP contribution in [0.2, 0.25) is 5.02 Å². The highest BCUT2D eigenvalue weighted by molar-refractivity contribution is 9.10. The lowest BCUT2D eigenvalue weighted by Crippen LogP contribution is -2.14. The zero-order valence-electron chi connectivity index (χ0n) is 10.4. The van der Waals surface area contributed by atoms with Gasteiger partial charge < -0.3 is 4.74 Å². The molecule has 0 aliphatic rings. The molecular weight excluding hydrogens is 347 g/mol. The maximum absolute atomic E-state index is 13.2. The van der Waals surface area contributed by atoms with Crippen LogP contribution in [0.3, 0.4) is 0 Å². The Hall–Kier alpha value is -1.39. The number of benzene rings is 2. The van der Waals surface area contributed by atoms with Crippen LogP contribution < -0.4 is 4.74 Å². The largest absolute Gasteiger partial charge is 0.486 e. The number of rotatable bonds is 5. The van der Waals surface area contributed by atoms with Gasteiger partial charge in [0, 0.05) is 15.9 Å². The van der Waals surface area contributed by atoms with Crippen LogP contribution in [0.25, 0.3) is 0 Å². The van der Waals surface area contributed by atoms with Gasteiger partial charge in [-0.15, -0.1) is 0 Å². The van der Waals surface area contributed by atoms with E-state index in [9.17, 15) is 9.18 Å². The molecule has 0 saturated heterocycles. The SMILES string of the molecule is O=C(COc1cccc(Cl)c1)Cc1cc(F)cc(Br)c1. The summed E-state index contributed by atoms with van der Waals surface area (Å²) in [5, 5.41) is 0.545. The van der Waals surface area contributed by atoms with Gasteiger partial charge in [-0.05, 0) is 42.0 Å². The topological polar surface area (TPSA) is 26.3 Å². The molecule has 0 aliphatic carbocycles. The number of halogens is 3. The molecule has 0 fully saturated rings. The van der Waals surface area contributed by atoms with E-state index < -0.39 is 0 Å². The molecule has 0 saturated carbocycles. The van der Waals surface area contributed by atoms with E-state index in [1.807, 2.05) is 0 Å². The molecule has 0 atom stereocenters. The normalized spacial score (nSPS) is 10.3. The maximum atomic E-state index is 13.2. The van der Waals surface area contributed by atoms with Crippen molar-refractivity contribution in [1.82, 2.24) is 0 Å². The van der Waals surface area contributed by atoms with Crippen LogP contribution >= 0.6 is 27.5 Å². The number of ether oxygens (including phenoxy) is 1. The number of hydrogen-bond acceptors (Lipinski definition) is 2. The first kappa shape index (κ1) is 15.0. The number of ketones is 1. The third kappa shape index (κ3) is 4.62. The van der Waals surface area contributed by atoms with Crippen LogP contribution in [0.5, 0.6) is 5.75 Å². The highest BCUT2D eigenvalue weighted by atomic mass is 79.9. The van der Waals surface area contributed by atoms with Crippen molar-refractivity contribution in [2.24, 2.45) is 0 Å². The minimum Gasteiger partial charge on any atom is -0.486 e. The van der Waals surface area contributed by atoms with Gasteiger partial charge in [-0.3, -0.25) is 4.79 Å². The highest BCUT2D eigenvalue weighted by Crippen LogP contribution is 2.18. The fourth-order valence-electron chi connectivity index (χ4n) is 1.71. The van der Waals surface area contributed by atoms with Crippen LogP contribution in [0, 0.1) is 5.82 Å². The zero-order chi connectivity index (χ0) is 14.5. The summed E-state index contributed by atoms with van der Waals surface area (Å²) in [5.74, 6) is 0.0201. The zero-order valence-corrected chi connectivity index (χ0v) is 12.7. The second kappa shape index (κ2) is 6.86. The summed E-state index contributed by atoms with van der Waals surface area (Å²) in [7, 11) is 0. The fourth-order valence-corrected chi connectivity index (χ4v) is 2.41. The van der Waals surface area contributed by atoms with Gasteiger partial charge in [0.05, 0.1) is 0 Å². The first-order valence-electron chi connectivity index (χ1n) is 5.88. The predicted molar refractivity (Wildman–Crippen MR) is 79.8 cm³/mol. The summed E-state index contributed by atoms with van der Waals surface area (Å²) in [6, 6.07) is 11.2. The van der Waals surface area contributed by atoms with Crippen LogP contribution in [-0.4, -0.2) is 12.4 Å². The van der Waals surface area contributed by atoms with Crippen molar-refractivity contribution >= 4 is 33.3 Å². The molecule has 104 valence electrons. The Morgan fingerprint density at radius 1 is 1.25 bits per heavy atom. The molecule has 0 heterocycles. The van der Waals surface area contributed by atoms with Gasteiger partial charge in [0.25, 0.3) is 0 Å². The lowest BCUT2D eigenvalue weighted by atomic mass is 10.1. The molecule has 5 heteroatoms. The fraction of sp³-hybridized carbons (Fsp3) is 0.133. The summed E-state index contributed by atoms with van der Waals surface area (Å²) >= 11 is 9.00. The quantitative estimate of drug-likeness (QED) is 0.791. The summed E-state index contributed by atoms with van der Waals surface area (Å²) in [6.45, 7) is -0.0749. The molecule has 2 rings (SSSR count).